The lowest BCUT2D eigenvalue weighted by molar-refractivity contribution is 0.615. The summed E-state index contributed by atoms with van der Waals surface area (Å²) < 4.78 is 6.43. The van der Waals surface area contributed by atoms with Crippen LogP contribution in [0.25, 0.3) is 61.9 Å². The van der Waals surface area contributed by atoms with E-state index in [0.717, 1.165) is 19.3 Å². The van der Waals surface area contributed by atoms with Gasteiger partial charge in [-0.05, 0) is 67.7 Å². The first-order valence-electron chi connectivity index (χ1n) is 14.2. The molecular weight excluding hydrogens is 504 g/mol. The maximum absolute atomic E-state index is 4.19. The van der Waals surface area contributed by atoms with Crippen LogP contribution in [-0.4, -0.2) is 9.13 Å². The first-order chi connectivity index (χ1) is 19.8. The Morgan fingerprint density at radius 2 is 1.68 bits per heavy atom. The largest absolute Gasteiger partial charge is 0.332 e. The molecule has 0 spiro atoms. The number of rotatable bonds is 4. The van der Waals surface area contributed by atoms with E-state index in [0.29, 0.717) is 0 Å². The standard InChI is InChI=1S/C37H30N2S/c1-3-13-30-24(4-2)25-14-5-8-19-31(25)38(30)34-22-11-17-28-29-18-12-23-35(37(29)40-36(28)34)39-32-20-9-6-15-26(32)27-16-7-10-21-33(27)39/h3-6,8-15,17-21,23,34H,2,7,16,22H2,1H3. The van der Waals surface area contributed by atoms with E-state index in [1.54, 1.807) is 0 Å². The van der Waals surface area contributed by atoms with Gasteiger partial charge >= 0.3 is 0 Å². The third-order valence-electron chi connectivity index (χ3n) is 8.64. The number of hydrogen-bond acceptors (Lipinski definition) is 1. The van der Waals surface area contributed by atoms with Crippen LogP contribution in [-0.2, 0) is 6.42 Å². The minimum atomic E-state index is 0.227. The number of benzene rings is 3. The van der Waals surface area contributed by atoms with Gasteiger partial charge in [-0.15, -0.1) is 11.3 Å². The second kappa shape index (κ2) is 9.11. The molecule has 0 aliphatic heterocycles. The molecule has 8 rings (SSSR count). The summed E-state index contributed by atoms with van der Waals surface area (Å²) in [5.41, 5.74) is 10.5. The van der Waals surface area contributed by atoms with Crippen molar-refractivity contribution in [1.82, 2.24) is 9.13 Å². The van der Waals surface area contributed by atoms with Gasteiger partial charge in [0, 0.05) is 43.5 Å². The van der Waals surface area contributed by atoms with Gasteiger partial charge in [0.1, 0.15) is 0 Å². The minimum absolute atomic E-state index is 0.227. The zero-order valence-corrected chi connectivity index (χ0v) is 23.4. The molecule has 0 saturated heterocycles. The lowest BCUT2D eigenvalue weighted by Gasteiger charge is -2.24. The Bertz CT molecular complexity index is 2070. The zero-order valence-electron chi connectivity index (χ0n) is 22.6. The fourth-order valence-electron chi connectivity index (χ4n) is 7.02. The molecule has 3 heterocycles. The smallest absolute Gasteiger partial charge is 0.0725 e. The Balaban J connectivity index is 1.41. The molecule has 3 aromatic carbocycles. The van der Waals surface area contributed by atoms with Gasteiger partial charge in [0.2, 0.25) is 0 Å². The average molecular weight is 535 g/mol. The lowest BCUT2D eigenvalue weighted by Crippen LogP contribution is -2.13. The van der Waals surface area contributed by atoms with Crippen LogP contribution in [0.3, 0.4) is 0 Å². The van der Waals surface area contributed by atoms with Crippen molar-refractivity contribution in [3.8, 4) is 5.69 Å². The van der Waals surface area contributed by atoms with Gasteiger partial charge in [-0.25, -0.2) is 0 Å². The molecule has 0 N–H and O–H groups in total. The third-order valence-corrected chi connectivity index (χ3v) is 9.98. The van der Waals surface area contributed by atoms with E-state index in [2.05, 4.69) is 126 Å². The van der Waals surface area contributed by atoms with E-state index in [1.165, 1.54) is 70.5 Å². The molecule has 0 amide bonds. The maximum atomic E-state index is 4.19. The van der Waals surface area contributed by atoms with Crippen LogP contribution in [0.15, 0.2) is 91.5 Å². The number of thiophene rings is 1. The van der Waals surface area contributed by atoms with Crippen molar-refractivity contribution in [2.75, 3.05) is 0 Å². The fourth-order valence-corrected chi connectivity index (χ4v) is 8.41. The Labute approximate surface area is 238 Å². The van der Waals surface area contributed by atoms with Crippen LogP contribution in [0, 0.1) is 0 Å². The number of hydrogen-bond donors (Lipinski definition) is 0. The number of aromatic nitrogens is 2. The molecule has 0 saturated carbocycles. The van der Waals surface area contributed by atoms with Crippen LogP contribution in [0.1, 0.15) is 58.8 Å². The number of nitrogens with zero attached hydrogens (tertiary/aromatic N) is 2. The highest BCUT2D eigenvalue weighted by atomic mass is 32.1. The molecule has 2 nitrogen and oxygen atoms in total. The zero-order chi connectivity index (χ0) is 26.8. The highest BCUT2D eigenvalue weighted by Gasteiger charge is 2.29. The number of allylic oxidation sites excluding steroid dienone is 3. The van der Waals surface area contributed by atoms with Crippen molar-refractivity contribution in [1.29, 1.82) is 0 Å². The summed E-state index contributed by atoms with van der Waals surface area (Å²) in [5, 5.41) is 3.99. The fraction of sp³-hybridized carbons (Fsp3) is 0.135. The van der Waals surface area contributed by atoms with Crippen LogP contribution in [0.2, 0.25) is 0 Å². The monoisotopic (exact) mass is 534 g/mol. The molecule has 0 radical (unpaired) electrons. The first kappa shape index (κ1) is 23.5. The van der Waals surface area contributed by atoms with Crippen LogP contribution < -0.4 is 0 Å². The molecule has 3 heteroatoms. The predicted molar refractivity (Wildman–Crippen MR) is 175 cm³/mol. The molecule has 194 valence electrons. The van der Waals surface area contributed by atoms with E-state index < -0.39 is 0 Å². The summed E-state index contributed by atoms with van der Waals surface area (Å²) in [6.45, 7) is 6.30. The normalized spacial score (nSPS) is 16.4. The first-order valence-corrected chi connectivity index (χ1v) is 15.0. The second-order valence-electron chi connectivity index (χ2n) is 10.7. The van der Waals surface area contributed by atoms with Gasteiger partial charge in [-0.3, -0.25) is 0 Å². The maximum Gasteiger partial charge on any atom is 0.0725 e. The van der Waals surface area contributed by atoms with Gasteiger partial charge in [0.05, 0.1) is 21.9 Å². The molecule has 0 bridgehead atoms. The summed E-state index contributed by atoms with van der Waals surface area (Å²) >= 11 is 1.97. The summed E-state index contributed by atoms with van der Waals surface area (Å²) in [6, 6.07) is 24.8. The molecular formula is C37H30N2S. The third kappa shape index (κ3) is 3.22. The minimum Gasteiger partial charge on any atom is -0.332 e. The van der Waals surface area contributed by atoms with Gasteiger partial charge in [0.15, 0.2) is 0 Å². The predicted octanol–water partition coefficient (Wildman–Crippen LogP) is 10.4. The highest BCUT2D eigenvalue weighted by Crippen LogP contribution is 2.47. The molecule has 0 fully saturated rings. The van der Waals surface area contributed by atoms with Crippen LogP contribution in [0.5, 0.6) is 0 Å². The molecule has 3 aromatic heterocycles. The Morgan fingerprint density at radius 3 is 2.52 bits per heavy atom. The van der Waals surface area contributed by atoms with Gasteiger partial charge < -0.3 is 9.13 Å². The van der Waals surface area contributed by atoms with Crippen molar-refractivity contribution >= 4 is 67.5 Å². The van der Waals surface area contributed by atoms with E-state index in [4.69, 9.17) is 0 Å². The molecule has 6 aromatic rings. The van der Waals surface area contributed by atoms with E-state index in [-0.39, 0.29) is 6.04 Å². The van der Waals surface area contributed by atoms with Crippen molar-refractivity contribution in [2.24, 2.45) is 0 Å². The van der Waals surface area contributed by atoms with Crippen molar-refractivity contribution in [2.45, 2.75) is 32.2 Å². The van der Waals surface area contributed by atoms with E-state index >= 15 is 0 Å². The van der Waals surface area contributed by atoms with Gasteiger partial charge in [-0.1, -0.05) is 85.5 Å². The summed E-state index contributed by atoms with van der Waals surface area (Å²) in [6.07, 6.45) is 19.0. The second-order valence-corrected chi connectivity index (χ2v) is 11.8. The lowest BCUT2D eigenvalue weighted by atomic mass is 9.97. The Kier molecular flexibility index (Phi) is 5.36. The number of fused-ring (bicyclic) bond motifs is 7. The van der Waals surface area contributed by atoms with E-state index in [9.17, 15) is 0 Å². The average Bonchev–Trinajstić information content (AvgIpc) is 3.65. The molecule has 1 atom stereocenters. The summed E-state index contributed by atoms with van der Waals surface area (Å²) in [4.78, 5) is 1.44. The van der Waals surface area contributed by atoms with Crippen LogP contribution in [0.4, 0.5) is 0 Å². The Hall–Kier alpha value is -4.34. The van der Waals surface area contributed by atoms with E-state index in [1.807, 2.05) is 17.4 Å². The number of para-hydroxylation sites is 2. The van der Waals surface area contributed by atoms with Crippen molar-refractivity contribution < 1.29 is 0 Å². The number of aryl methyl sites for hydroxylation is 1. The van der Waals surface area contributed by atoms with Crippen LogP contribution >= 0.6 is 11.3 Å². The van der Waals surface area contributed by atoms with Gasteiger partial charge in [0.25, 0.3) is 0 Å². The van der Waals surface area contributed by atoms with Crippen molar-refractivity contribution in [3.05, 3.63) is 124 Å². The summed E-state index contributed by atoms with van der Waals surface area (Å²) in [5.74, 6) is 0. The van der Waals surface area contributed by atoms with Crippen molar-refractivity contribution in [3.63, 3.8) is 0 Å². The topological polar surface area (TPSA) is 9.86 Å². The highest BCUT2D eigenvalue weighted by molar-refractivity contribution is 7.20. The Morgan fingerprint density at radius 1 is 0.875 bits per heavy atom. The molecule has 1 unspecified atom stereocenters. The molecule has 40 heavy (non-hydrogen) atoms. The SMILES string of the molecule is C=Cc1c(C=CC)n(C2CC=Cc3c2sc2c(-n4c5c(c6ccccc64)CCC=C5)cccc32)c2ccccc12. The quantitative estimate of drug-likeness (QED) is 0.213. The van der Waals surface area contributed by atoms with Gasteiger partial charge in [-0.2, -0.15) is 0 Å². The molecule has 2 aliphatic rings. The molecule has 2 aliphatic carbocycles. The summed E-state index contributed by atoms with van der Waals surface area (Å²) in [7, 11) is 0.